The van der Waals surface area contributed by atoms with Gasteiger partial charge >= 0.3 is 0 Å². The summed E-state index contributed by atoms with van der Waals surface area (Å²) in [5, 5.41) is 12.3. The highest BCUT2D eigenvalue weighted by Gasteiger charge is 2.34. The van der Waals surface area contributed by atoms with Crippen molar-refractivity contribution in [3.8, 4) is 0 Å². The minimum atomic E-state index is -0.157. The molecule has 8 heteroatoms. The third-order valence-corrected chi connectivity index (χ3v) is 4.52. The molecular weight excluding hydrogens is 298 g/mol. The Bertz CT molecular complexity index is 733. The lowest BCUT2D eigenvalue weighted by Crippen LogP contribution is -2.41. The molecule has 0 spiro atoms. The Hall–Kier alpha value is -2.22. The Morgan fingerprint density at radius 2 is 2.22 bits per heavy atom. The number of methoxy groups -OCH3 is 1. The lowest BCUT2D eigenvalue weighted by Gasteiger charge is -2.33. The van der Waals surface area contributed by atoms with Crippen LogP contribution < -0.4 is 0 Å². The monoisotopic (exact) mass is 317 g/mol. The summed E-state index contributed by atoms with van der Waals surface area (Å²) in [7, 11) is 1.63. The molecule has 3 heterocycles. The number of hydrogen-bond acceptors (Lipinski definition) is 6. The number of rotatable bonds is 4. The zero-order valence-electron chi connectivity index (χ0n) is 13.2. The van der Waals surface area contributed by atoms with Crippen LogP contribution in [0.4, 0.5) is 0 Å². The third-order valence-electron chi connectivity index (χ3n) is 4.52. The van der Waals surface area contributed by atoms with Crippen LogP contribution in [0.3, 0.4) is 0 Å². The summed E-state index contributed by atoms with van der Waals surface area (Å²) in [6, 6.07) is 1.62. The molecule has 0 aromatic carbocycles. The summed E-state index contributed by atoms with van der Waals surface area (Å²) < 4.78 is 12.5. The van der Waals surface area contributed by atoms with Crippen molar-refractivity contribution in [2.45, 2.75) is 44.9 Å². The lowest BCUT2D eigenvalue weighted by molar-refractivity contribution is 0.0622. The molecular formula is C15H19N5O3. The predicted molar refractivity (Wildman–Crippen MR) is 78.7 cm³/mol. The van der Waals surface area contributed by atoms with Crippen LogP contribution in [0.1, 0.15) is 59.6 Å². The lowest BCUT2D eigenvalue weighted by atomic mass is 10.1. The first-order chi connectivity index (χ1) is 11.2. The molecule has 1 amide bonds. The maximum absolute atomic E-state index is 12.7. The average Bonchev–Trinajstić information content (AvgIpc) is 3.13. The maximum atomic E-state index is 12.7. The van der Waals surface area contributed by atoms with Crippen molar-refractivity contribution < 1.29 is 14.1 Å². The van der Waals surface area contributed by atoms with E-state index in [4.69, 9.17) is 9.26 Å². The first-order valence-corrected chi connectivity index (χ1v) is 7.87. The van der Waals surface area contributed by atoms with Gasteiger partial charge in [0.15, 0.2) is 17.3 Å². The molecule has 0 saturated heterocycles. The summed E-state index contributed by atoms with van der Waals surface area (Å²) in [6.07, 6.45) is 2.24. The second-order valence-corrected chi connectivity index (χ2v) is 6.12. The van der Waals surface area contributed by atoms with Gasteiger partial charge in [0.1, 0.15) is 12.4 Å². The molecule has 122 valence electrons. The van der Waals surface area contributed by atoms with Crippen molar-refractivity contribution in [2.75, 3.05) is 13.7 Å². The number of carbonyl (C=O) groups excluding carboxylic acids is 1. The van der Waals surface area contributed by atoms with Gasteiger partial charge in [-0.15, -0.1) is 10.2 Å². The van der Waals surface area contributed by atoms with Gasteiger partial charge in [-0.05, 0) is 19.8 Å². The topological polar surface area (TPSA) is 86.3 Å². The van der Waals surface area contributed by atoms with Crippen molar-refractivity contribution in [1.82, 2.24) is 24.8 Å². The van der Waals surface area contributed by atoms with Crippen LogP contribution in [0.25, 0.3) is 0 Å². The fourth-order valence-corrected chi connectivity index (χ4v) is 3.05. The Labute approximate surface area is 133 Å². The Balaban J connectivity index is 1.55. The number of amides is 1. The fraction of sp³-hybridized carbons (Fsp3) is 0.600. The molecule has 2 aromatic rings. The van der Waals surface area contributed by atoms with Crippen molar-refractivity contribution in [3.63, 3.8) is 0 Å². The van der Waals surface area contributed by atoms with Gasteiger partial charge in [0.25, 0.3) is 5.91 Å². The average molecular weight is 317 g/mol. The second kappa shape index (κ2) is 5.45. The van der Waals surface area contributed by atoms with Gasteiger partial charge in [-0.25, -0.2) is 0 Å². The number of hydrogen-bond donors (Lipinski definition) is 0. The summed E-state index contributed by atoms with van der Waals surface area (Å²) in [6.45, 7) is 3.62. The minimum Gasteiger partial charge on any atom is -0.377 e. The number of carbonyl (C=O) groups is 1. The van der Waals surface area contributed by atoms with E-state index in [2.05, 4.69) is 15.4 Å². The molecule has 1 fully saturated rings. The largest absolute Gasteiger partial charge is 0.377 e. The Morgan fingerprint density at radius 1 is 1.39 bits per heavy atom. The van der Waals surface area contributed by atoms with E-state index in [1.807, 2.05) is 11.5 Å². The van der Waals surface area contributed by atoms with Crippen LogP contribution in [0.5, 0.6) is 0 Å². The number of aromatic nitrogens is 4. The normalized spacial score (nSPS) is 20.6. The third kappa shape index (κ3) is 2.42. The van der Waals surface area contributed by atoms with E-state index < -0.39 is 0 Å². The molecule has 2 aromatic heterocycles. The minimum absolute atomic E-state index is 0.115. The smallest absolute Gasteiger partial charge is 0.276 e. The van der Waals surface area contributed by atoms with Gasteiger partial charge in [0, 0.05) is 32.2 Å². The van der Waals surface area contributed by atoms with E-state index in [1.165, 1.54) is 0 Å². The molecule has 23 heavy (non-hydrogen) atoms. The first-order valence-electron chi connectivity index (χ1n) is 7.87. The fourth-order valence-electron chi connectivity index (χ4n) is 3.05. The van der Waals surface area contributed by atoms with Gasteiger partial charge in [0.05, 0.1) is 6.04 Å². The molecule has 0 radical (unpaired) electrons. The predicted octanol–water partition coefficient (Wildman–Crippen LogP) is 1.51. The van der Waals surface area contributed by atoms with Crippen molar-refractivity contribution in [2.24, 2.45) is 0 Å². The second-order valence-electron chi connectivity index (χ2n) is 6.12. The Morgan fingerprint density at radius 3 is 2.96 bits per heavy atom. The van der Waals surface area contributed by atoms with Gasteiger partial charge in [-0.2, -0.15) is 0 Å². The number of ether oxygens (including phenoxy) is 1. The highest BCUT2D eigenvalue weighted by atomic mass is 16.5. The van der Waals surface area contributed by atoms with Crippen LogP contribution in [0.15, 0.2) is 10.6 Å². The van der Waals surface area contributed by atoms with Gasteiger partial charge < -0.3 is 18.7 Å². The highest BCUT2D eigenvalue weighted by molar-refractivity contribution is 5.92. The SMILES string of the molecule is COCc1nnc2n1CCN(C(=O)c1cc(C3CC3)on1)[C@@H]2C. The standard InChI is InChI=1S/C15H19N5O3/c1-9-14-17-16-13(8-22-2)20(14)6-5-19(9)15(21)11-7-12(23-18-11)10-3-4-10/h7,9-10H,3-6,8H2,1-2H3/t9-/m1/s1. The molecule has 1 saturated carbocycles. The number of fused-ring (bicyclic) bond motifs is 1. The summed E-state index contributed by atoms with van der Waals surface area (Å²) in [5.41, 5.74) is 0.379. The van der Waals surface area contributed by atoms with Crippen LogP contribution in [0.2, 0.25) is 0 Å². The van der Waals surface area contributed by atoms with E-state index in [0.29, 0.717) is 31.3 Å². The quantitative estimate of drug-likeness (QED) is 0.849. The molecule has 8 nitrogen and oxygen atoms in total. The molecule has 0 unspecified atom stereocenters. The zero-order valence-corrected chi connectivity index (χ0v) is 13.2. The van der Waals surface area contributed by atoms with E-state index in [1.54, 1.807) is 18.1 Å². The van der Waals surface area contributed by atoms with Gasteiger partial charge in [0.2, 0.25) is 0 Å². The van der Waals surface area contributed by atoms with E-state index in [9.17, 15) is 4.79 Å². The van der Waals surface area contributed by atoms with Crippen molar-refractivity contribution in [3.05, 3.63) is 29.2 Å². The first kappa shape index (κ1) is 14.4. The van der Waals surface area contributed by atoms with Gasteiger partial charge in [-0.3, -0.25) is 4.79 Å². The molecule has 1 atom stereocenters. The molecule has 0 bridgehead atoms. The summed E-state index contributed by atoms with van der Waals surface area (Å²) in [4.78, 5) is 14.5. The van der Waals surface area contributed by atoms with Crippen molar-refractivity contribution in [1.29, 1.82) is 0 Å². The van der Waals surface area contributed by atoms with Gasteiger partial charge in [-0.1, -0.05) is 5.16 Å². The highest BCUT2D eigenvalue weighted by Crippen LogP contribution is 2.40. The van der Waals surface area contributed by atoms with E-state index >= 15 is 0 Å². The van der Waals surface area contributed by atoms with E-state index in [-0.39, 0.29) is 11.9 Å². The summed E-state index contributed by atoms with van der Waals surface area (Å²) in [5.74, 6) is 2.73. The molecule has 2 aliphatic rings. The Kier molecular flexibility index (Phi) is 3.41. The van der Waals surface area contributed by atoms with Crippen LogP contribution in [-0.2, 0) is 17.9 Å². The van der Waals surface area contributed by atoms with Crippen LogP contribution in [-0.4, -0.2) is 44.4 Å². The number of nitrogens with zero attached hydrogens (tertiary/aromatic N) is 5. The molecule has 4 rings (SSSR count). The summed E-state index contributed by atoms with van der Waals surface area (Å²) >= 11 is 0. The zero-order chi connectivity index (χ0) is 16.0. The van der Waals surface area contributed by atoms with Crippen LogP contribution in [0, 0.1) is 0 Å². The molecule has 0 N–H and O–H groups in total. The van der Waals surface area contributed by atoms with Crippen molar-refractivity contribution >= 4 is 5.91 Å². The molecule has 1 aliphatic heterocycles. The molecule has 1 aliphatic carbocycles. The van der Waals surface area contributed by atoms with Crippen LogP contribution >= 0.6 is 0 Å². The van der Waals surface area contributed by atoms with E-state index in [0.717, 1.165) is 30.3 Å². The maximum Gasteiger partial charge on any atom is 0.276 e.